The van der Waals surface area contributed by atoms with Crippen molar-refractivity contribution in [2.75, 3.05) is 5.32 Å². The molecule has 0 spiro atoms. The van der Waals surface area contributed by atoms with Gasteiger partial charge in [-0.15, -0.1) is 0 Å². The van der Waals surface area contributed by atoms with Crippen LogP contribution in [0.25, 0.3) is 56.1 Å². The van der Waals surface area contributed by atoms with Gasteiger partial charge in [0.15, 0.2) is 16.6 Å². The molecule has 278 valence electrons. The molecule has 2 unspecified atom stereocenters. The van der Waals surface area contributed by atoms with Crippen molar-refractivity contribution in [3.63, 3.8) is 0 Å². The second kappa shape index (κ2) is 15.3. The molecule has 0 fully saturated rings. The zero-order valence-electron chi connectivity index (χ0n) is 30.8. The van der Waals surface area contributed by atoms with E-state index in [9.17, 15) is 14.4 Å². The Balaban J connectivity index is 0.000000172. The van der Waals surface area contributed by atoms with Gasteiger partial charge in [0, 0.05) is 36.1 Å². The molecule has 0 saturated carbocycles. The molecule has 4 aromatic carbocycles. The van der Waals surface area contributed by atoms with Gasteiger partial charge in [0.05, 0.1) is 23.1 Å². The molecule has 5 N–H and O–H groups in total. The Labute approximate surface area is 326 Å². The van der Waals surface area contributed by atoms with Crippen LogP contribution in [0.3, 0.4) is 0 Å². The van der Waals surface area contributed by atoms with Crippen LogP contribution in [0, 0.1) is 5.92 Å². The Morgan fingerprint density at radius 3 is 2.23 bits per heavy atom. The van der Waals surface area contributed by atoms with Gasteiger partial charge in [-0.2, -0.15) is 0 Å². The topological polar surface area (TPSA) is 172 Å². The number of nitrogens with two attached hydrogens (primary N) is 2. The number of carbonyl (C=O) groups is 3. The Morgan fingerprint density at radius 2 is 1.48 bits per heavy atom. The molecule has 0 aliphatic heterocycles. The second-order valence-electron chi connectivity index (χ2n) is 13.7. The van der Waals surface area contributed by atoms with Crippen LogP contribution >= 0.6 is 11.3 Å². The second-order valence-corrected chi connectivity index (χ2v) is 14.7. The minimum Gasteiger partial charge on any atom is -0.326 e. The van der Waals surface area contributed by atoms with E-state index in [0.29, 0.717) is 29.4 Å². The van der Waals surface area contributed by atoms with Crippen LogP contribution in [0.2, 0.25) is 0 Å². The van der Waals surface area contributed by atoms with E-state index in [2.05, 4.69) is 20.3 Å². The minimum atomic E-state index is -0.228. The fraction of sp³-hybridized carbons (Fsp3) is 0.159. The van der Waals surface area contributed by atoms with Gasteiger partial charge in [-0.05, 0) is 49.9 Å². The first-order chi connectivity index (χ1) is 27.2. The Hall–Kier alpha value is -6.47. The first-order valence-corrected chi connectivity index (χ1v) is 19.1. The standard InChI is InChI=1S/C24H22N8OS.C20H16O2/c25-9-15-5-1-3-7-17(15)21-22(18-8-4-2-6-16(18)10-26)34-24(31-21)30-20(33)12-32-14-29-23-19(32)11-27-13-28-23;1-11-9-17-13(12(2)20(11)22)7-8-15-14-5-3-4-6-16(14)19(21)10-18(15)17/h1-8,11,13-14H,9-10,12,25-26H2,(H,30,31,33);3-12H,1-2H3. The maximum Gasteiger partial charge on any atom is 0.246 e. The van der Waals surface area contributed by atoms with Gasteiger partial charge in [0.25, 0.3) is 0 Å². The minimum absolute atomic E-state index is 0.0436. The summed E-state index contributed by atoms with van der Waals surface area (Å²) in [6.45, 7) is 4.72. The lowest BCUT2D eigenvalue weighted by atomic mass is 9.79. The Bertz CT molecular complexity index is 2740. The lowest BCUT2D eigenvalue weighted by Gasteiger charge is -2.23. The number of Topliss-reactive ketones (excluding diaryl/α,β-unsaturated/α-hetero) is 2. The van der Waals surface area contributed by atoms with Crippen LogP contribution in [0.5, 0.6) is 0 Å². The molecule has 3 aromatic heterocycles. The number of nitrogens with one attached hydrogen (secondary N) is 1. The summed E-state index contributed by atoms with van der Waals surface area (Å²) in [6, 6.07) is 27.6. The number of imidazole rings is 1. The summed E-state index contributed by atoms with van der Waals surface area (Å²) in [5.74, 6) is -0.151. The van der Waals surface area contributed by atoms with Crippen molar-refractivity contribution in [1.29, 1.82) is 0 Å². The van der Waals surface area contributed by atoms with Crippen LogP contribution in [0.4, 0.5) is 5.13 Å². The van der Waals surface area contributed by atoms with E-state index >= 15 is 0 Å². The van der Waals surface area contributed by atoms with Gasteiger partial charge in [0.2, 0.25) is 5.91 Å². The molecular formula is C44H38N8O3S. The van der Waals surface area contributed by atoms with Crippen molar-refractivity contribution in [2.24, 2.45) is 17.4 Å². The molecule has 2 aliphatic rings. The third-order valence-corrected chi connectivity index (χ3v) is 11.3. The SMILES string of the molecule is CC1C=c2c(ccc3c2=CC(=O)c2ccccc2-3)C(C)C1=O.NCc1ccccc1-c1nc(NC(=O)Cn2cnc3ncncc32)sc1-c1ccccc1CN. The van der Waals surface area contributed by atoms with E-state index in [-0.39, 0.29) is 35.9 Å². The highest BCUT2D eigenvalue weighted by molar-refractivity contribution is 7.19. The average molecular weight is 759 g/mol. The highest BCUT2D eigenvalue weighted by Gasteiger charge is 2.28. The maximum atomic E-state index is 12.9. The van der Waals surface area contributed by atoms with Crippen LogP contribution in [0.1, 0.15) is 46.8 Å². The van der Waals surface area contributed by atoms with Crippen LogP contribution in [-0.4, -0.2) is 42.0 Å². The van der Waals surface area contributed by atoms with Gasteiger partial charge in [-0.3, -0.25) is 14.4 Å². The first-order valence-electron chi connectivity index (χ1n) is 18.3. The molecule has 3 heterocycles. The van der Waals surface area contributed by atoms with Crippen LogP contribution < -0.4 is 27.2 Å². The molecule has 0 bridgehead atoms. The van der Waals surface area contributed by atoms with Crippen molar-refractivity contribution in [1.82, 2.24) is 24.5 Å². The van der Waals surface area contributed by atoms with E-state index in [4.69, 9.17) is 16.5 Å². The average Bonchev–Trinajstić information content (AvgIpc) is 3.84. The summed E-state index contributed by atoms with van der Waals surface area (Å²) in [6.07, 6.45) is 8.37. The van der Waals surface area contributed by atoms with E-state index < -0.39 is 0 Å². The lowest BCUT2D eigenvalue weighted by Crippen LogP contribution is -2.40. The number of fused-ring (bicyclic) bond motifs is 6. The van der Waals surface area contributed by atoms with Crippen molar-refractivity contribution >= 4 is 57.3 Å². The Kier molecular flexibility index (Phi) is 10.0. The van der Waals surface area contributed by atoms with E-state index in [0.717, 1.165) is 65.5 Å². The number of hydrogen-bond acceptors (Lipinski definition) is 10. The number of thiazole rings is 1. The summed E-state index contributed by atoms with van der Waals surface area (Å²) in [4.78, 5) is 55.6. The molecule has 9 rings (SSSR count). The number of benzene rings is 4. The lowest BCUT2D eigenvalue weighted by molar-refractivity contribution is -0.122. The van der Waals surface area contributed by atoms with Crippen LogP contribution in [0.15, 0.2) is 104 Å². The van der Waals surface area contributed by atoms with E-state index in [1.54, 1.807) is 23.2 Å². The molecule has 11 nitrogen and oxygen atoms in total. The number of anilines is 1. The summed E-state index contributed by atoms with van der Waals surface area (Å²) >= 11 is 1.41. The Morgan fingerprint density at radius 1 is 0.804 bits per heavy atom. The molecule has 0 radical (unpaired) electrons. The van der Waals surface area contributed by atoms with E-state index in [1.807, 2.05) is 105 Å². The monoisotopic (exact) mass is 758 g/mol. The highest BCUT2D eigenvalue weighted by Crippen LogP contribution is 2.41. The van der Waals surface area contributed by atoms with Gasteiger partial charge < -0.3 is 21.4 Å². The van der Waals surface area contributed by atoms with Gasteiger partial charge in [-0.25, -0.2) is 19.9 Å². The molecule has 2 atom stereocenters. The fourth-order valence-corrected chi connectivity index (χ4v) is 8.52. The van der Waals surface area contributed by atoms with Crippen molar-refractivity contribution in [2.45, 2.75) is 39.4 Å². The smallest absolute Gasteiger partial charge is 0.246 e. The number of aromatic nitrogens is 5. The van der Waals surface area contributed by atoms with Gasteiger partial charge >= 0.3 is 0 Å². The van der Waals surface area contributed by atoms with Crippen LogP contribution in [-0.2, 0) is 29.2 Å². The molecular weight excluding hydrogens is 721 g/mol. The van der Waals surface area contributed by atoms with Gasteiger partial charge in [-0.1, -0.05) is 116 Å². The molecule has 0 saturated heterocycles. The molecule has 2 aliphatic carbocycles. The fourth-order valence-electron chi connectivity index (χ4n) is 7.46. The third-order valence-electron chi connectivity index (χ3n) is 10.3. The van der Waals surface area contributed by atoms with Crippen molar-refractivity contribution in [3.05, 3.63) is 136 Å². The zero-order chi connectivity index (χ0) is 38.9. The number of ketones is 2. The number of carbonyl (C=O) groups excluding carboxylic acids is 3. The van der Waals surface area contributed by atoms with Crippen molar-refractivity contribution < 1.29 is 14.4 Å². The third kappa shape index (κ3) is 6.74. The van der Waals surface area contributed by atoms with E-state index in [1.165, 1.54) is 17.7 Å². The highest BCUT2D eigenvalue weighted by atomic mass is 32.1. The molecule has 1 amide bonds. The number of rotatable bonds is 7. The first kappa shape index (κ1) is 36.5. The number of nitrogens with zero attached hydrogens (tertiary/aromatic N) is 5. The summed E-state index contributed by atoms with van der Waals surface area (Å²) in [5.41, 5.74) is 21.8. The quantitative estimate of drug-likeness (QED) is 0.187. The van der Waals surface area contributed by atoms with Crippen molar-refractivity contribution in [3.8, 4) is 32.8 Å². The summed E-state index contributed by atoms with van der Waals surface area (Å²) < 4.78 is 1.70. The predicted octanol–water partition coefficient (Wildman–Crippen LogP) is 5.61. The summed E-state index contributed by atoms with van der Waals surface area (Å²) in [5, 5.41) is 5.45. The number of amides is 1. The predicted molar refractivity (Wildman–Crippen MR) is 220 cm³/mol. The molecule has 7 aromatic rings. The normalized spacial score (nSPS) is 15.4. The largest absolute Gasteiger partial charge is 0.326 e. The molecule has 12 heteroatoms. The number of hydrogen-bond donors (Lipinski definition) is 3. The summed E-state index contributed by atoms with van der Waals surface area (Å²) in [7, 11) is 0. The van der Waals surface area contributed by atoms with Gasteiger partial charge in [0.1, 0.15) is 24.2 Å². The molecule has 56 heavy (non-hydrogen) atoms. The zero-order valence-corrected chi connectivity index (χ0v) is 31.6. The maximum absolute atomic E-state index is 12.9.